The zero-order valence-electron chi connectivity index (χ0n) is 8.45. The molecule has 0 spiro atoms. The number of nitriles is 1. The molecule has 0 amide bonds. The number of hydrogen-bond acceptors (Lipinski definition) is 3. The number of aryl methyl sites for hydroxylation is 1. The monoisotopic (exact) mass is 190 g/mol. The van der Waals surface area contributed by atoms with Crippen molar-refractivity contribution >= 4 is 0 Å². The van der Waals surface area contributed by atoms with Gasteiger partial charge in [-0.05, 0) is 30.2 Å². The molecule has 0 saturated carbocycles. The molecular weight excluding hydrogens is 176 g/mol. The predicted molar refractivity (Wildman–Crippen MR) is 54.7 cm³/mol. The van der Waals surface area contributed by atoms with Gasteiger partial charge in [-0.3, -0.25) is 0 Å². The maximum absolute atomic E-state index is 8.74. The van der Waals surface area contributed by atoms with E-state index in [0.717, 1.165) is 11.1 Å². The lowest BCUT2D eigenvalue weighted by molar-refractivity contribution is 0.180. The Morgan fingerprint density at radius 2 is 2.29 bits per heavy atom. The molecule has 14 heavy (non-hydrogen) atoms. The molecule has 74 valence electrons. The standard InChI is InChI=1S/C11H14N2O/c1-8-3-4-9(6-12)5-10(8)11(13)7-14-2/h3-5,11H,7,13H2,1-2H3/t11-/m1/s1. The van der Waals surface area contributed by atoms with Crippen LogP contribution in [0.1, 0.15) is 22.7 Å². The van der Waals surface area contributed by atoms with E-state index in [9.17, 15) is 0 Å². The molecule has 0 fully saturated rings. The van der Waals surface area contributed by atoms with Crippen LogP contribution in [0.25, 0.3) is 0 Å². The second kappa shape index (κ2) is 4.75. The van der Waals surface area contributed by atoms with Gasteiger partial charge in [0.25, 0.3) is 0 Å². The Labute approximate surface area is 84.1 Å². The average molecular weight is 190 g/mol. The van der Waals surface area contributed by atoms with Crippen LogP contribution >= 0.6 is 0 Å². The van der Waals surface area contributed by atoms with E-state index in [1.165, 1.54) is 0 Å². The summed E-state index contributed by atoms with van der Waals surface area (Å²) in [4.78, 5) is 0. The van der Waals surface area contributed by atoms with E-state index >= 15 is 0 Å². The van der Waals surface area contributed by atoms with Crippen LogP contribution in [0, 0.1) is 18.3 Å². The number of methoxy groups -OCH3 is 1. The van der Waals surface area contributed by atoms with Gasteiger partial charge < -0.3 is 10.5 Å². The van der Waals surface area contributed by atoms with Crippen molar-refractivity contribution in [2.45, 2.75) is 13.0 Å². The number of ether oxygens (including phenoxy) is 1. The van der Waals surface area contributed by atoms with Gasteiger partial charge in [0.2, 0.25) is 0 Å². The van der Waals surface area contributed by atoms with Crippen molar-refractivity contribution in [3.05, 3.63) is 34.9 Å². The SMILES string of the molecule is COC[C@@H](N)c1cc(C#N)ccc1C. The van der Waals surface area contributed by atoms with E-state index in [-0.39, 0.29) is 6.04 Å². The summed E-state index contributed by atoms with van der Waals surface area (Å²) in [5, 5.41) is 8.74. The third kappa shape index (κ3) is 2.32. The molecule has 1 aromatic carbocycles. The lowest BCUT2D eigenvalue weighted by Crippen LogP contribution is -2.17. The van der Waals surface area contributed by atoms with Crippen LogP contribution in [0.5, 0.6) is 0 Å². The Bertz CT molecular complexity index is 355. The molecule has 0 unspecified atom stereocenters. The summed E-state index contributed by atoms with van der Waals surface area (Å²) >= 11 is 0. The predicted octanol–water partition coefficient (Wildman–Crippen LogP) is 1.51. The lowest BCUT2D eigenvalue weighted by Gasteiger charge is -2.13. The van der Waals surface area contributed by atoms with Crippen LogP contribution in [0.3, 0.4) is 0 Å². The van der Waals surface area contributed by atoms with Gasteiger partial charge in [-0.25, -0.2) is 0 Å². The van der Waals surface area contributed by atoms with Crippen LogP contribution in [0.4, 0.5) is 0 Å². The zero-order chi connectivity index (χ0) is 10.6. The van der Waals surface area contributed by atoms with E-state index in [4.69, 9.17) is 15.7 Å². The molecule has 0 aliphatic rings. The van der Waals surface area contributed by atoms with Crippen LogP contribution in [-0.4, -0.2) is 13.7 Å². The first-order chi connectivity index (χ1) is 6.69. The number of benzene rings is 1. The molecule has 0 bridgehead atoms. The Balaban J connectivity index is 3.01. The quantitative estimate of drug-likeness (QED) is 0.786. The van der Waals surface area contributed by atoms with E-state index in [2.05, 4.69) is 6.07 Å². The molecule has 0 aliphatic heterocycles. The molecule has 1 atom stereocenters. The van der Waals surface area contributed by atoms with Crippen molar-refractivity contribution in [2.75, 3.05) is 13.7 Å². The van der Waals surface area contributed by atoms with Gasteiger partial charge in [0.1, 0.15) is 0 Å². The number of nitrogens with zero attached hydrogens (tertiary/aromatic N) is 1. The van der Waals surface area contributed by atoms with Crippen LogP contribution in [-0.2, 0) is 4.74 Å². The summed E-state index contributed by atoms with van der Waals surface area (Å²) in [6.45, 7) is 2.45. The maximum Gasteiger partial charge on any atom is 0.0991 e. The molecule has 1 rings (SSSR count). The summed E-state index contributed by atoms with van der Waals surface area (Å²) in [6.07, 6.45) is 0. The van der Waals surface area contributed by atoms with Crippen LogP contribution in [0.2, 0.25) is 0 Å². The highest BCUT2D eigenvalue weighted by Crippen LogP contribution is 2.17. The third-order valence-electron chi connectivity index (χ3n) is 2.15. The fourth-order valence-electron chi connectivity index (χ4n) is 1.38. The number of nitrogens with two attached hydrogens (primary N) is 1. The third-order valence-corrected chi connectivity index (χ3v) is 2.15. The van der Waals surface area contributed by atoms with Gasteiger partial charge in [-0.1, -0.05) is 6.07 Å². The molecular formula is C11H14N2O. The molecule has 0 heterocycles. The number of hydrogen-bond donors (Lipinski definition) is 1. The Hall–Kier alpha value is -1.37. The second-order valence-electron chi connectivity index (χ2n) is 3.25. The normalized spacial score (nSPS) is 12.1. The van der Waals surface area contributed by atoms with Gasteiger partial charge in [-0.15, -0.1) is 0 Å². The van der Waals surface area contributed by atoms with E-state index in [0.29, 0.717) is 12.2 Å². The summed E-state index contributed by atoms with van der Waals surface area (Å²) in [5.74, 6) is 0. The van der Waals surface area contributed by atoms with Crippen LogP contribution < -0.4 is 5.73 Å². The highest BCUT2D eigenvalue weighted by atomic mass is 16.5. The molecule has 0 aliphatic carbocycles. The van der Waals surface area contributed by atoms with Gasteiger partial charge in [0.05, 0.1) is 24.3 Å². The van der Waals surface area contributed by atoms with Crippen LogP contribution in [0.15, 0.2) is 18.2 Å². The number of rotatable bonds is 3. The van der Waals surface area contributed by atoms with Crippen molar-refractivity contribution < 1.29 is 4.74 Å². The summed E-state index contributed by atoms with van der Waals surface area (Å²) in [7, 11) is 1.61. The van der Waals surface area contributed by atoms with Crippen molar-refractivity contribution in [3.63, 3.8) is 0 Å². The summed E-state index contributed by atoms with van der Waals surface area (Å²) in [6, 6.07) is 7.45. The van der Waals surface area contributed by atoms with Crippen molar-refractivity contribution in [1.29, 1.82) is 5.26 Å². The molecule has 0 saturated heterocycles. The largest absolute Gasteiger partial charge is 0.383 e. The smallest absolute Gasteiger partial charge is 0.0991 e. The topological polar surface area (TPSA) is 59.0 Å². The van der Waals surface area contributed by atoms with E-state index < -0.39 is 0 Å². The minimum Gasteiger partial charge on any atom is -0.383 e. The van der Waals surface area contributed by atoms with E-state index in [1.807, 2.05) is 19.1 Å². The van der Waals surface area contributed by atoms with Gasteiger partial charge in [0, 0.05) is 7.11 Å². The summed E-state index contributed by atoms with van der Waals surface area (Å²) in [5.41, 5.74) is 8.60. The van der Waals surface area contributed by atoms with Gasteiger partial charge in [0.15, 0.2) is 0 Å². The molecule has 1 aromatic rings. The lowest BCUT2D eigenvalue weighted by atomic mass is 10.00. The second-order valence-corrected chi connectivity index (χ2v) is 3.25. The minimum atomic E-state index is -0.159. The summed E-state index contributed by atoms with van der Waals surface area (Å²) < 4.78 is 4.98. The maximum atomic E-state index is 8.74. The van der Waals surface area contributed by atoms with Crippen molar-refractivity contribution in [2.24, 2.45) is 5.73 Å². The average Bonchev–Trinajstić information content (AvgIpc) is 2.19. The van der Waals surface area contributed by atoms with E-state index in [1.54, 1.807) is 13.2 Å². The fourth-order valence-corrected chi connectivity index (χ4v) is 1.38. The highest BCUT2D eigenvalue weighted by Gasteiger charge is 2.09. The highest BCUT2D eigenvalue weighted by molar-refractivity contribution is 5.39. The van der Waals surface area contributed by atoms with Crippen molar-refractivity contribution in [1.82, 2.24) is 0 Å². The Morgan fingerprint density at radius 1 is 1.57 bits per heavy atom. The molecule has 3 heteroatoms. The molecule has 3 nitrogen and oxygen atoms in total. The van der Waals surface area contributed by atoms with Crippen molar-refractivity contribution in [3.8, 4) is 6.07 Å². The molecule has 0 aromatic heterocycles. The van der Waals surface area contributed by atoms with Gasteiger partial charge >= 0.3 is 0 Å². The first-order valence-electron chi connectivity index (χ1n) is 4.44. The van der Waals surface area contributed by atoms with Gasteiger partial charge in [-0.2, -0.15) is 5.26 Å². The molecule has 0 radical (unpaired) electrons. The molecule has 2 N–H and O–H groups in total. The first kappa shape index (κ1) is 10.7. The Kier molecular flexibility index (Phi) is 3.63. The zero-order valence-corrected chi connectivity index (χ0v) is 8.45. The first-order valence-corrected chi connectivity index (χ1v) is 4.44. The fraction of sp³-hybridized carbons (Fsp3) is 0.364. The Morgan fingerprint density at radius 3 is 2.86 bits per heavy atom. The minimum absolute atomic E-state index is 0.159.